The van der Waals surface area contributed by atoms with Crippen LogP contribution in [0.4, 0.5) is 0 Å². The molecule has 158 valence electrons. The summed E-state index contributed by atoms with van der Waals surface area (Å²) in [7, 11) is 1.62. The number of amides is 1. The predicted octanol–water partition coefficient (Wildman–Crippen LogP) is 5.68. The van der Waals surface area contributed by atoms with Crippen molar-refractivity contribution in [1.29, 1.82) is 0 Å². The van der Waals surface area contributed by atoms with Crippen LogP contribution in [0.1, 0.15) is 33.3 Å². The summed E-state index contributed by atoms with van der Waals surface area (Å²) in [6, 6.07) is 11.8. The van der Waals surface area contributed by atoms with E-state index in [1.165, 1.54) is 0 Å². The normalized spacial score (nSPS) is 11.7. The van der Waals surface area contributed by atoms with Crippen molar-refractivity contribution in [1.82, 2.24) is 5.32 Å². The molecule has 0 saturated heterocycles. The first-order valence-electron chi connectivity index (χ1n) is 10.2. The molecule has 0 aliphatic carbocycles. The molecule has 2 aromatic carbocycles. The fourth-order valence-corrected chi connectivity index (χ4v) is 3.28. The van der Waals surface area contributed by atoms with Crippen molar-refractivity contribution in [2.45, 2.75) is 27.7 Å². The van der Waals surface area contributed by atoms with Gasteiger partial charge in [-0.25, -0.2) is 0 Å². The number of hydrogen-bond acceptors (Lipinski definition) is 4. The highest BCUT2D eigenvalue weighted by atomic mass is 16.5. The van der Waals surface area contributed by atoms with Crippen LogP contribution < -0.4 is 14.8 Å². The lowest BCUT2D eigenvalue weighted by molar-refractivity contribution is -0.116. The van der Waals surface area contributed by atoms with Crippen molar-refractivity contribution >= 4 is 22.4 Å². The second-order valence-electron chi connectivity index (χ2n) is 7.62. The van der Waals surface area contributed by atoms with E-state index in [0.29, 0.717) is 24.8 Å². The van der Waals surface area contributed by atoms with Crippen molar-refractivity contribution in [2.75, 3.05) is 20.3 Å². The Morgan fingerprint density at radius 1 is 1.20 bits per heavy atom. The Hall–Kier alpha value is -3.21. The third-order valence-corrected chi connectivity index (χ3v) is 4.83. The standard InChI is InChI=1S/C25H29NO4/c1-6-29-19-9-7-18(8-10-19)22-15-30-24-13-23(28-5)20(12-21(22)24)17(4)11-25(27)26-14-16(2)3/h7-13,15-16H,6,14H2,1-5H3,(H,26,27)/b17-11+. The highest BCUT2D eigenvalue weighted by molar-refractivity contribution is 6.00. The zero-order valence-electron chi connectivity index (χ0n) is 18.2. The fourth-order valence-electron chi connectivity index (χ4n) is 3.28. The van der Waals surface area contributed by atoms with Gasteiger partial charge >= 0.3 is 0 Å². The van der Waals surface area contributed by atoms with E-state index in [2.05, 4.69) is 19.2 Å². The lowest BCUT2D eigenvalue weighted by Gasteiger charge is -2.11. The predicted molar refractivity (Wildman–Crippen MR) is 121 cm³/mol. The van der Waals surface area contributed by atoms with E-state index in [-0.39, 0.29) is 5.91 Å². The monoisotopic (exact) mass is 407 g/mol. The van der Waals surface area contributed by atoms with Crippen LogP contribution in [0.15, 0.2) is 53.2 Å². The van der Waals surface area contributed by atoms with Gasteiger partial charge in [-0.3, -0.25) is 4.79 Å². The molecule has 0 saturated carbocycles. The molecule has 0 radical (unpaired) electrons. The molecule has 30 heavy (non-hydrogen) atoms. The highest BCUT2D eigenvalue weighted by Crippen LogP contribution is 2.37. The Bertz CT molecular complexity index is 1040. The number of fused-ring (bicyclic) bond motifs is 1. The van der Waals surface area contributed by atoms with Gasteiger partial charge in [0.05, 0.1) is 20.0 Å². The van der Waals surface area contributed by atoms with Crippen LogP contribution in [0.3, 0.4) is 0 Å². The van der Waals surface area contributed by atoms with Gasteiger partial charge in [-0.05, 0) is 49.1 Å². The smallest absolute Gasteiger partial charge is 0.244 e. The molecule has 0 atom stereocenters. The van der Waals surface area contributed by atoms with Crippen LogP contribution in [-0.4, -0.2) is 26.2 Å². The maximum Gasteiger partial charge on any atom is 0.244 e. The largest absolute Gasteiger partial charge is 0.496 e. The molecule has 1 aromatic heterocycles. The number of benzene rings is 2. The van der Waals surface area contributed by atoms with Crippen LogP contribution in [0, 0.1) is 5.92 Å². The van der Waals surface area contributed by atoms with Crippen molar-refractivity contribution in [3.8, 4) is 22.6 Å². The lowest BCUT2D eigenvalue weighted by atomic mass is 9.99. The van der Waals surface area contributed by atoms with Gasteiger partial charge in [0.25, 0.3) is 0 Å². The summed E-state index contributed by atoms with van der Waals surface area (Å²) in [6.45, 7) is 9.28. The second-order valence-corrected chi connectivity index (χ2v) is 7.62. The van der Waals surface area contributed by atoms with E-state index in [9.17, 15) is 4.79 Å². The van der Waals surface area contributed by atoms with Crippen molar-refractivity contribution < 1.29 is 18.7 Å². The molecule has 3 rings (SSSR count). The summed E-state index contributed by atoms with van der Waals surface area (Å²) in [5.41, 5.74) is 4.43. The summed E-state index contributed by atoms with van der Waals surface area (Å²) < 4.78 is 16.9. The molecule has 0 aliphatic heterocycles. The number of furan rings is 1. The van der Waals surface area contributed by atoms with Crippen molar-refractivity contribution in [3.63, 3.8) is 0 Å². The topological polar surface area (TPSA) is 60.7 Å². The van der Waals surface area contributed by atoms with Crippen molar-refractivity contribution in [3.05, 3.63) is 54.3 Å². The van der Waals surface area contributed by atoms with Gasteiger partial charge in [0.15, 0.2) is 0 Å². The summed E-state index contributed by atoms with van der Waals surface area (Å²) in [5.74, 6) is 1.79. The van der Waals surface area contributed by atoms with Crippen LogP contribution in [0.25, 0.3) is 27.7 Å². The highest BCUT2D eigenvalue weighted by Gasteiger charge is 2.15. The molecule has 3 aromatic rings. The molecule has 1 heterocycles. The summed E-state index contributed by atoms with van der Waals surface area (Å²) in [4.78, 5) is 12.3. The first-order valence-corrected chi connectivity index (χ1v) is 10.2. The molecule has 0 unspecified atom stereocenters. The Morgan fingerprint density at radius 2 is 1.93 bits per heavy atom. The zero-order chi connectivity index (χ0) is 21.7. The second kappa shape index (κ2) is 9.53. The van der Waals surface area contributed by atoms with E-state index >= 15 is 0 Å². The van der Waals surface area contributed by atoms with Gasteiger partial charge in [-0.15, -0.1) is 0 Å². The quantitative estimate of drug-likeness (QED) is 0.488. The number of hydrogen-bond donors (Lipinski definition) is 1. The molecular formula is C25H29NO4. The number of ether oxygens (including phenoxy) is 2. The molecule has 0 bridgehead atoms. The fraction of sp³-hybridized carbons (Fsp3) is 0.320. The Kier molecular flexibility index (Phi) is 6.83. The summed E-state index contributed by atoms with van der Waals surface area (Å²) in [6.07, 6.45) is 3.36. The van der Waals surface area contributed by atoms with E-state index < -0.39 is 0 Å². The number of carbonyl (C=O) groups is 1. The van der Waals surface area contributed by atoms with E-state index in [0.717, 1.165) is 39.0 Å². The number of rotatable bonds is 8. The van der Waals surface area contributed by atoms with E-state index in [1.807, 2.05) is 50.2 Å². The molecule has 0 fully saturated rings. The average Bonchev–Trinajstić information content (AvgIpc) is 3.15. The minimum atomic E-state index is -0.109. The minimum absolute atomic E-state index is 0.109. The first-order chi connectivity index (χ1) is 14.4. The van der Waals surface area contributed by atoms with Crippen LogP contribution in [-0.2, 0) is 4.79 Å². The number of carbonyl (C=O) groups excluding carboxylic acids is 1. The molecule has 5 nitrogen and oxygen atoms in total. The Morgan fingerprint density at radius 3 is 2.57 bits per heavy atom. The van der Waals surface area contributed by atoms with Crippen LogP contribution in [0.2, 0.25) is 0 Å². The molecule has 1 N–H and O–H groups in total. The molecule has 0 aliphatic rings. The maximum absolute atomic E-state index is 12.3. The maximum atomic E-state index is 12.3. The van der Waals surface area contributed by atoms with E-state index in [1.54, 1.807) is 19.4 Å². The summed E-state index contributed by atoms with van der Waals surface area (Å²) in [5, 5.41) is 3.88. The zero-order valence-corrected chi connectivity index (χ0v) is 18.2. The van der Waals surface area contributed by atoms with Gasteiger partial charge in [0, 0.05) is 35.2 Å². The average molecular weight is 408 g/mol. The number of allylic oxidation sites excluding steroid dienone is 1. The van der Waals surface area contributed by atoms with Crippen LogP contribution >= 0.6 is 0 Å². The first kappa shape index (κ1) is 21.5. The Balaban J connectivity index is 1.99. The van der Waals surface area contributed by atoms with Gasteiger partial charge in [0.2, 0.25) is 5.91 Å². The molecular weight excluding hydrogens is 378 g/mol. The lowest BCUT2D eigenvalue weighted by Crippen LogP contribution is -2.25. The van der Waals surface area contributed by atoms with Gasteiger partial charge in [-0.1, -0.05) is 26.0 Å². The van der Waals surface area contributed by atoms with Gasteiger partial charge < -0.3 is 19.2 Å². The number of methoxy groups -OCH3 is 1. The number of nitrogens with one attached hydrogen (secondary N) is 1. The Labute approximate surface area is 177 Å². The van der Waals surface area contributed by atoms with Crippen LogP contribution in [0.5, 0.6) is 11.5 Å². The molecule has 5 heteroatoms. The summed E-state index contributed by atoms with van der Waals surface area (Å²) >= 11 is 0. The SMILES string of the molecule is CCOc1ccc(-c2coc3cc(OC)c(/C(C)=C/C(=O)NCC(C)C)cc23)cc1. The third-order valence-electron chi connectivity index (χ3n) is 4.83. The minimum Gasteiger partial charge on any atom is -0.496 e. The molecule has 0 spiro atoms. The van der Waals surface area contributed by atoms with Crippen molar-refractivity contribution in [2.24, 2.45) is 5.92 Å². The van der Waals surface area contributed by atoms with Gasteiger partial charge in [-0.2, -0.15) is 0 Å². The molecule has 1 amide bonds. The third kappa shape index (κ3) is 4.85. The van der Waals surface area contributed by atoms with Gasteiger partial charge in [0.1, 0.15) is 17.1 Å². The van der Waals surface area contributed by atoms with E-state index in [4.69, 9.17) is 13.9 Å².